The second-order valence-electron chi connectivity index (χ2n) is 10.5. The zero-order chi connectivity index (χ0) is 23.4. The first-order valence-electron chi connectivity index (χ1n) is 11.6. The van der Waals surface area contributed by atoms with Crippen molar-refractivity contribution in [3.63, 3.8) is 0 Å². The molecule has 0 aromatic heterocycles. The molecule has 6 rings (SSSR count). The fourth-order valence-corrected chi connectivity index (χ4v) is 9.45. The summed E-state index contributed by atoms with van der Waals surface area (Å²) in [6.07, 6.45) is 7.56. The van der Waals surface area contributed by atoms with Gasteiger partial charge in [-0.05, 0) is 99.1 Å². The van der Waals surface area contributed by atoms with Gasteiger partial charge in [0.1, 0.15) is 5.75 Å². The van der Waals surface area contributed by atoms with E-state index in [9.17, 15) is 13.2 Å². The van der Waals surface area contributed by atoms with E-state index < -0.39 is 10.0 Å². The first kappa shape index (κ1) is 22.9. The Morgan fingerprint density at radius 2 is 1.64 bits per heavy atom. The van der Waals surface area contributed by atoms with E-state index >= 15 is 0 Å². The lowest BCUT2D eigenvalue weighted by atomic mass is 9.49. The third kappa shape index (κ3) is 4.46. The van der Waals surface area contributed by atoms with Crippen molar-refractivity contribution in [1.29, 1.82) is 0 Å². The van der Waals surface area contributed by atoms with Crippen molar-refractivity contribution >= 4 is 37.6 Å². The van der Waals surface area contributed by atoms with Gasteiger partial charge in [-0.2, -0.15) is 0 Å². The molecule has 0 radical (unpaired) electrons. The molecule has 4 aliphatic rings. The predicted octanol–water partition coefficient (Wildman–Crippen LogP) is 5.85. The van der Waals surface area contributed by atoms with Crippen molar-refractivity contribution in [2.45, 2.75) is 61.1 Å². The van der Waals surface area contributed by atoms with Crippen molar-refractivity contribution in [2.75, 3.05) is 11.4 Å². The molecule has 4 saturated carbocycles. The molecule has 0 spiro atoms. The number of anilines is 1. The Kier molecular flexibility index (Phi) is 5.64. The summed E-state index contributed by atoms with van der Waals surface area (Å²) in [4.78, 5) is 13.1. The van der Waals surface area contributed by atoms with E-state index in [4.69, 9.17) is 4.74 Å². The molecule has 7 heteroatoms. The average Bonchev–Trinajstić information content (AvgIpc) is 2.72. The zero-order valence-corrected chi connectivity index (χ0v) is 21.5. The molecule has 0 N–H and O–H groups in total. The van der Waals surface area contributed by atoms with Gasteiger partial charge < -0.3 is 4.74 Å². The molecule has 2 aromatic carbocycles. The summed E-state index contributed by atoms with van der Waals surface area (Å²) in [5, 5.41) is 0. The number of halogens is 1. The molecule has 4 aliphatic carbocycles. The maximum atomic E-state index is 12.9. The van der Waals surface area contributed by atoms with Gasteiger partial charge in [-0.15, -0.1) is 0 Å². The Bertz CT molecular complexity index is 1150. The highest BCUT2D eigenvalue weighted by molar-refractivity contribution is 9.10. The van der Waals surface area contributed by atoms with Crippen molar-refractivity contribution in [2.24, 2.45) is 17.3 Å². The van der Waals surface area contributed by atoms with Gasteiger partial charge in [-0.25, -0.2) is 8.42 Å². The Hall–Kier alpha value is -1.86. The summed E-state index contributed by atoms with van der Waals surface area (Å²) in [5.41, 5.74) is 1.58. The van der Waals surface area contributed by atoms with Gasteiger partial charge in [-0.3, -0.25) is 9.10 Å². The SMILES string of the molecule is Cc1ccc(S(=O)(=O)N(C)c2ccc(OC(=O)CC34C[C@H]5C[C@@H](CC(Br)(C5)C3)C4)cc2)cc1. The van der Waals surface area contributed by atoms with Crippen LogP contribution in [0.1, 0.15) is 50.5 Å². The molecule has 0 amide bonds. The lowest BCUT2D eigenvalue weighted by molar-refractivity contribution is -0.141. The number of esters is 1. The summed E-state index contributed by atoms with van der Waals surface area (Å²) in [5.74, 6) is 1.71. The van der Waals surface area contributed by atoms with Crippen LogP contribution in [0.3, 0.4) is 0 Å². The van der Waals surface area contributed by atoms with E-state index in [2.05, 4.69) is 15.9 Å². The van der Waals surface area contributed by atoms with Crippen LogP contribution in [0.2, 0.25) is 0 Å². The molecular formula is C26H30BrNO4S. The van der Waals surface area contributed by atoms with Crippen LogP contribution in [-0.2, 0) is 14.8 Å². The number of hydrogen-bond acceptors (Lipinski definition) is 4. The fourth-order valence-electron chi connectivity index (χ4n) is 6.75. The Morgan fingerprint density at radius 1 is 1.03 bits per heavy atom. The van der Waals surface area contributed by atoms with Crippen LogP contribution in [0.15, 0.2) is 53.4 Å². The number of rotatable bonds is 6. The number of sulfonamides is 1. The lowest BCUT2D eigenvalue weighted by Crippen LogP contribution is -2.53. The highest BCUT2D eigenvalue weighted by Gasteiger charge is 2.57. The number of benzene rings is 2. The number of hydrogen-bond donors (Lipinski definition) is 0. The molecule has 2 aromatic rings. The summed E-state index contributed by atoms with van der Waals surface area (Å²) >= 11 is 4.00. The molecule has 0 unspecified atom stereocenters. The third-order valence-electron chi connectivity index (χ3n) is 7.74. The van der Waals surface area contributed by atoms with Crippen molar-refractivity contribution in [1.82, 2.24) is 0 Å². The van der Waals surface area contributed by atoms with E-state index in [-0.39, 0.29) is 20.6 Å². The molecule has 176 valence electrons. The average molecular weight is 533 g/mol. The second-order valence-corrected chi connectivity index (χ2v) is 14.2. The number of nitrogens with zero attached hydrogens (tertiary/aromatic N) is 1. The minimum absolute atomic E-state index is 0.0624. The Morgan fingerprint density at radius 3 is 2.21 bits per heavy atom. The van der Waals surface area contributed by atoms with Gasteiger partial charge in [0.15, 0.2) is 0 Å². The highest BCUT2D eigenvalue weighted by atomic mass is 79.9. The van der Waals surface area contributed by atoms with Gasteiger partial charge in [0, 0.05) is 11.4 Å². The van der Waals surface area contributed by atoms with Crippen LogP contribution in [0.4, 0.5) is 5.69 Å². The smallest absolute Gasteiger partial charge is 0.311 e. The van der Waals surface area contributed by atoms with Crippen LogP contribution in [-0.4, -0.2) is 25.8 Å². The van der Waals surface area contributed by atoms with Gasteiger partial charge >= 0.3 is 5.97 Å². The van der Waals surface area contributed by atoms with Gasteiger partial charge in [-0.1, -0.05) is 33.6 Å². The quantitative estimate of drug-likeness (QED) is 0.266. The van der Waals surface area contributed by atoms with E-state index in [1.165, 1.54) is 30.6 Å². The number of aryl methyl sites for hydroxylation is 1. The third-order valence-corrected chi connectivity index (χ3v) is 10.5. The molecule has 0 aliphatic heterocycles. The molecule has 4 bridgehead atoms. The standard InChI is InChI=1S/C26H30BrNO4S/c1-18-3-9-23(10-4-18)33(30,31)28(2)21-5-7-22(8-6-21)32-24(29)16-25-12-19-11-20(13-25)15-26(27,14-19)17-25/h3-10,19-20H,11-17H2,1-2H3/t19-,20-,25?,26?/m1/s1. The van der Waals surface area contributed by atoms with Crippen molar-refractivity contribution in [3.05, 3.63) is 54.1 Å². The number of carbonyl (C=O) groups excluding carboxylic acids is 1. The fraction of sp³-hybridized carbons (Fsp3) is 0.500. The van der Waals surface area contributed by atoms with Crippen LogP contribution in [0.5, 0.6) is 5.75 Å². The summed E-state index contributed by atoms with van der Waals surface area (Å²) in [6.45, 7) is 1.92. The summed E-state index contributed by atoms with van der Waals surface area (Å²) < 4.78 is 33.0. The van der Waals surface area contributed by atoms with Gasteiger partial charge in [0.2, 0.25) is 0 Å². The minimum atomic E-state index is -3.66. The van der Waals surface area contributed by atoms with Crippen LogP contribution in [0, 0.1) is 24.2 Å². The summed E-state index contributed by atoms with van der Waals surface area (Å²) in [6, 6.07) is 13.5. The normalized spacial score (nSPS) is 30.3. The van der Waals surface area contributed by atoms with Crippen molar-refractivity contribution in [3.8, 4) is 5.75 Å². The molecule has 0 heterocycles. The first-order chi connectivity index (χ1) is 15.6. The number of alkyl halides is 1. The number of ether oxygens (including phenoxy) is 1. The Labute approximate surface area is 204 Å². The molecule has 5 nitrogen and oxygen atoms in total. The number of carbonyl (C=O) groups is 1. The minimum Gasteiger partial charge on any atom is -0.427 e. The second kappa shape index (κ2) is 8.12. The van der Waals surface area contributed by atoms with Gasteiger partial charge in [0.25, 0.3) is 10.0 Å². The molecule has 2 atom stereocenters. The monoisotopic (exact) mass is 531 g/mol. The maximum absolute atomic E-state index is 12.9. The molecule has 0 saturated heterocycles. The van der Waals surface area contributed by atoms with Crippen LogP contribution >= 0.6 is 15.9 Å². The van der Waals surface area contributed by atoms with Crippen LogP contribution in [0.25, 0.3) is 0 Å². The molecule has 33 heavy (non-hydrogen) atoms. The van der Waals surface area contributed by atoms with Gasteiger partial charge in [0.05, 0.1) is 17.0 Å². The van der Waals surface area contributed by atoms with E-state index in [1.807, 2.05) is 6.92 Å². The lowest BCUT2D eigenvalue weighted by Gasteiger charge is -2.60. The summed E-state index contributed by atoms with van der Waals surface area (Å²) in [7, 11) is -2.13. The Balaban J connectivity index is 1.25. The zero-order valence-electron chi connectivity index (χ0n) is 19.1. The molecule has 4 fully saturated rings. The maximum Gasteiger partial charge on any atom is 0.311 e. The van der Waals surface area contributed by atoms with E-state index in [0.29, 0.717) is 17.9 Å². The first-order valence-corrected chi connectivity index (χ1v) is 13.8. The van der Waals surface area contributed by atoms with Crippen molar-refractivity contribution < 1.29 is 17.9 Å². The largest absolute Gasteiger partial charge is 0.427 e. The van der Waals surface area contributed by atoms with E-state index in [0.717, 1.165) is 36.7 Å². The molecular weight excluding hydrogens is 502 g/mol. The van der Waals surface area contributed by atoms with Crippen LogP contribution < -0.4 is 9.04 Å². The predicted molar refractivity (Wildman–Crippen MR) is 132 cm³/mol. The van der Waals surface area contributed by atoms with E-state index in [1.54, 1.807) is 48.5 Å². The highest BCUT2D eigenvalue weighted by Crippen LogP contribution is 2.65. The topological polar surface area (TPSA) is 63.7 Å².